The third kappa shape index (κ3) is 2.30. The molecule has 0 aromatic heterocycles. The number of amides is 4. The molecule has 1 unspecified atom stereocenters. The van der Waals surface area contributed by atoms with Crippen molar-refractivity contribution in [1.82, 2.24) is 19.6 Å². The van der Waals surface area contributed by atoms with Gasteiger partial charge in [-0.15, -0.1) is 0 Å². The van der Waals surface area contributed by atoms with Gasteiger partial charge in [-0.1, -0.05) is 58.0 Å². The molecular formula is C30H28N6O6S4. The summed E-state index contributed by atoms with van der Waals surface area (Å²) >= 11 is 0. The molecule has 2 aromatic rings. The van der Waals surface area contributed by atoms with Crippen LogP contribution in [0, 0.1) is 0 Å². The van der Waals surface area contributed by atoms with E-state index in [1.165, 1.54) is 62.8 Å². The average Bonchev–Trinajstić information content (AvgIpc) is 3.70. The lowest BCUT2D eigenvalue weighted by atomic mass is 9.52. The Morgan fingerprint density at radius 1 is 0.609 bits per heavy atom. The third-order valence-electron chi connectivity index (χ3n) is 12.1. The van der Waals surface area contributed by atoms with Crippen molar-refractivity contribution in [2.24, 2.45) is 0 Å². The van der Waals surface area contributed by atoms with Gasteiger partial charge in [-0.3, -0.25) is 29.0 Å². The summed E-state index contributed by atoms with van der Waals surface area (Å²) in [7, 11) is 7.98. The van der Waals surface area contributed by atoms with Gasteiger partial charge in [0.2, 0.25) is 9.74 Å². The summed E-state index contributed by atoms with van der Waals surface area (Å²) in [6.45, 7) is 3.42. The van der Waals surface area contributed by atoms with Crippen LogP contribution in [0.5, 0.6) is 0 Å². The van der Waals surface area contributed by atoms with Crippen LogP contribution in [-0.4, -0.2) is 112 Å². The van der Waals surface area contributed by atoms with Gasteiger partial charge in [0.25, 0.3) is 23.6 Å². The van der Waals surface area contributed by atoms with Crippen LogP contribution in [-0.2, 0) is 30.0 Å². The average molecular weight is 697 g/mol. The van der Waals surface area contributed by atoms with Gasteiger partial charge in [0.1, 0.15) is 24.5 Å². The Bertz CT molecular complexity index is 1760. The summed E-state index contributed by atoms with van der Waals surface area (Å²) in [5, 5.41) is 33.6. The molecule has 12 nitrogen and oxygen atoms in total. The molecule has 10 aliphatic rings. The summed E-state index contributed by atoms with van der Waals surface area (Å²) in [5.74, 6) is -1.52. The highest BCUT2D eigenvalue weighted by molar-refractivity contribution is 8.78. The quantitative estimate of drug-likeness (QED) is 0.320. The first-order valence-electron chi connectivity index (χ1n) is 14.9. The van der Waals surface area contributed by atoms with Crippen LogP contribution in [0.25, 0.3) is 0 Å². The molecule has 8 fully saturated rings. The standard InChI is InChI=1S/C30H28N6O6S4/c1-25-21(39)35-19-27(13-9-5-7-11-15(13)31-19,17(37)29(35,45-43-25)23(41)33(25)3)28-14-10-6-8-12-16(14)32-20(28)36-22(40)26(2)34(4)24(42)30(36,18(28)38)46-44-26/h5-12,17-20,31-32,37-38H,1-4H3/t17-,18-,19+,20+,25-,26?,27+,28+,29-,30+/m0/s1. The van der Waals surface area contributed by atoms with Crippen molar-refractivity contribution < 1.29 is 29.4 Å². The molecular weight excluding hydrogens is 669 g/mol. The van der Waals surface area contributed by atoms with Crippen LogP contribution in [0.1, 0.15) is 25.0 Å². The van der Waals surface area contributed by atoms with E-state index in [1.807, 2.05) is 48.5 Å². The van der Waals surface area contributed by atoms with Crippen molar-refractivity contribution in [2.75, 3.05) is 24.7 Å². The minimum absolute atomic E-state index is 0.342. The predicted octanol–water partition coefficient (Wildman–Crippen LogP) is 1.33. The fraction of sp³-hybridized carbons (Fsp3) is 0.467. The van der Waals surface area contributed by atoms with Gasteiger partial charge in [-0.25, -0.2) is 0 Å². The largest absolute Gasteiger partial charge is 0.388 e. The van der Waals surface area contributed by atoms with Crippen LogP contribution >= 0.6 is 43.2 Å². The molecule has 10 heterocycles. The van der Waals surface area contributed by atoms with Crippen LogP contribution in [0.15, 0.2) is 48.5 Å². The van der Waals surface area contributed by atoms with Crippen LogP contribution in [0.3, 0.4) is 0 Å². The monoisotopic (exact) mass is 696 g/mol. The van der Waals surface area contributed by atoms with Crippen LogP contribution < -0.4 is 10.6 Å². The van der Waals surface area contributed by atoms with Crippen LogP contribution in [0.4, 0.5) is 11.4 Å². The predicted molar refractivity (Wildman–Crippen MR) is 175 cm³/mol. The number of aliphatic hydroxyl groups excluding tert-OH is 2. The second-order valence-electron chi connectivity index (χ2n) is 13.5. The van der Waals surface area contributed by atoms with Gasteiger partial charge >= 0.3 is 0 Å². The highest BCUT2D eigenvalue weighted by atomic mass is 33.1. The lowest BCUT2D eigenvalue weighted by Gasteiger charge is -2.58. The molecule has 2 aromatic carbocycles. The van der Waals surface area contributed by atoms with Gasteiger partial charge in [0.15, 0.2) is 9.74 Å². The summed E-state index contributed by atoms with van der Waals surface area (Å²) in [6, 6.07) is 14.8. The number of hydrogen-bond acceptors (Lipinski definition) is 12. The second-order valence-corrected chi connectivity index (χ2v) is 19.0. The summed E-state index contributed by atoms with van der Waals surface area (Å²) in [4.78, 5) is 58.2. The lowest BCUT2D eigenvalue weighted by Crippen LogP contribution is -2.77. The minimum Gasteiger partial charge on any atom is -0.388 e. The SMILES string of the molecule is CN1C(=O)[C@@]23SSC1(C)C(=O)N2[C@H]1Nc2ccccc2[C@@]1([C@@]12c4ccccc4N[C@@H]1N1C(=O)[C@]4(C)SS[C@]1(C(=O)N4C)[C@H]2O)[C@@H]3O. The van der Waals surface area contributed by atoms with E-state index in [9.17, 15) is 29.4 Å². The van der Waals surface area contributed by atoms with Crippen molar-refractivity contribution >= 4 is 78.2 Å². The summed E-state index contributed by atoms with van der Waals surface area (Å²) < 4.78 is 0. The van der Waals surface area contributed by atoms with Gasteiger partial charge in [0, 0.05) is 25.5 Å². The first-order chi connectivity index (χ1) is 21.8. The van der Waals surface area contributed by atoms with E-state index < -0.39 is 66.7 Å². The van der Waals surface area contributed by atoms with Crippen molar-refractivity contribution in [3.05, 3.63) is 59.7 Å². The molecule has 0 saturated carbocycles. The van der Waals surface area contributed by atoms with Crippen molar-refractivity contribution in [3.8, 4) is 0 Å². The fourth-order valence-corrected chi connectivity index (χ4v) is 16.9. The van der Waals surface area contributed by atoms with E-state index in [2.05, 4.69) is 10.6 Å². The van der Waals surface area contributed by atoms with E-state index in [-0.39, 0.29) is 11.8 Å². The van der Waals surface area contributed by atoms with Crippen molar-refractivity contribution in [2.45, 2.75) is 68.7 Å². The Labute approximate surface area is 279 Å². The minimum atomic E-state index is -1.76. The Morgan fingerprint density at radius 2 is 0.978 bits per heavy atom. The van der Waals surface area contributed by atoms with Crippen LogP contribution in [0.2, 0.25) is 0 Å². The summed E-state index contributed by atoms with van der Waals surface area (Å²) in [6.07, 6.45) is -5.21. The molecule has 46 heavy (non-hydrogen) atoms. The van der Waals surface area contributed by atoms with E-state index in [0.29, 0.717) is 22.5 Å². The molecule has 4 amide bonds. The number of fused-ring (bicyclic) bond motifs is 11. The molecule has 4 bridgehead atoms. The number of carbonyl (C=O) groups is 4. The molecule has 16 heteroatoms. The number of benzene rings is 2. The molecule has 2 spiro atoms. The fourth-order valence-electron chi connectivity index (χ4n) is 9.79. The van der Waals surface area contributed by atoms with Gasteiger partial charge < -0.3 is 30.6 Å². The third-order valence-corrected chi connectivity index (χ3v) is 19.5. The van der Waals surface area contributed by atoms with Crippen molar-refractivity contribution in [3.63, 3.8) is 0 Å². The number of rotatable bonds is 1. The second kappa shape index (κ2) is 7.92. The Morgan fingerprint density at radius 3 is 1.37 bits per heavy atom. The smallest absolute Gasteiger partial charge is 0.264 e. The number of para-hydroxylation sites is 2. The van der Waals surface area contributed by atoms with E-state index in [4.69, 9.17) is 0 Å². The number of anilines is 2. The number of aliphatic hydroxyl groups is 2. The van der Waals surface area contributed by atoms with Gasteiger partial charge in [0.05, 0.1) is 10.8 Å². The maximum Gasteiger partial charge on any atom is 0.264 e. The van der Waals surface area contributed by atoms with Gasteiger partial charge in [-0.05, 0) is 58.7 Å². The molecule has 238 valence electrons. The topological polar surface area (TPSA) is 146 Å². The first kappa shape index (κ1) is 28.3. The maximum atomic E-state index is 14.7. The number of piperazine rings is 2. The zero-order valence-corrected chi connectivity index (χ0v) is 28.1. The highest BCUT2D eigenvalue weighted by Gasteiger charge is 2.92. The number of nitrogens with one attached hydrogen (secondary N) is 2. The Balaban J connectivity index is 1.36. The molecule has 4 N–H and O–H groups in total. The molecule has 0 aliphatic carbocycles. The normalized spacial score (nSPS) is 47.0. The zero-order chi connectivity index (χ0) is 32.1. The van der Waals surface area contributed by atoms with E-state index in [1.54, 1.807) is 27.9 Å². The Hall–Kier alpha value is -2.76. The molecule has 10 atom stereocenters. The number of nitrogens with zero attached hydrogens (tertiary/aromatic N) is 4. The number of hydrogen-bond donors (Lipinski definition) is 4. The molecule has 0 radical (unpaired) electrons. The van der Waals surface area contributed by atoms with Crippen molar-refractivity contribution in [1.29, 1.82) is 0 Å². The highest BCUT2D eigenvalue weighted by Crippen LogP contribution is 2.78. The molecule has 12 rings (SSSR count). The molecule has 8 saturated heterocycles. The number of likely N-dealkylation sites (N-methyl/N-ethyl adjacent to an activating group) is 2. The van der Waals surface area contributed by atoms with E-state index in [0.717, 1.165) is 0 Å². The zero-order valence-electron chi connectivity index (χ0n) is 24.9. The first-order valence-corrected chi connectivity index (χ1v) is 19.2. The number of carbonyl (C=O) groups excluding carboxylic acids is 4. The molecule has 10 aliphatic heterocycles. The van der Waals surface area contributed by atoms with Gasteiger partial charge in [-0.2, -0.15) is 0 Å². The summed E-state index contributed by atoms with van der Waals surface area (Å²) in [5.41, 5.74) is -0.775. The lowest BCUT2D eigenvalue weighted by molar-refractivity contribution is -0.166. The maximum absolute atomic E-state index is 14.7. The van der Waals surface area contributed by atoms with E-state index >= 15 is 0 Å². The Kier molecular flexibility index (Phi) is 4.87.